The number of carbonyl (C=O) groups is 1. The number of anilines is 1. The van der Waals surface area contributed by atoms with Gasteiger partial charge in [0.15, 0.2) is 0 Å². The number of benzene rings is 2. The zero-order valence-corrected chi connectivity index (χ0v) is 15.3. The molecule has 1 amide bonds. The summed E-state index contributed by atoms with van der Waals surface area (Å²) >= 11 is 12.0. The van der Waals surface area contributed by atoms with E-state index in [9.17, 15) is 4.79 Å². The van der Waals surface area contributed by atoms with E-state index >= 15 is 0 Å². The lowest BCUT2D eigenvalue weighted by Gasteiger charge is -2.17. The van der Waals surface area contributed by atoms with Crippen LogP contribution in [0.5, 0.6) is 0 Å². The summed E-state index contributed by atoms with van der Waals surface area (Å²) in [6.07, 6.45) is 0. The van der Waals surface area contributed by atoms with Crippen LogP contribution in [0.15, 0.2) is 48.5 Å². The van der Waals surface area contributed by atoms with Gasteiger partial charge in [0.2, 0.25) is 5.91 Å². The van der Waals surface area contributed by atoms with Crippen molar-refractivity contribution in [2.75, 3.05) is 31.5 Å². The van der Waals surface area contributed by atoms with E-state index in [0.717, 1.165) is 13.1 Å². The maximum Gasteiger partial charge on any atom is 0.238 e. The Kier molecular flexibility index (Phi) is 5.97. The summed E-state index contributed by atoms with van der Waals surface area (Å²) in [6.45, 7) is 2.57. The van der Waals surface area contributed by atoms with Crippen molar-refractivity contribution in [3.8, 4) is 0 Å². The van der Waals surface area contributed by atoms with Gasteiger partial charge in [-0.25, -0.2) is 0 Å². The smallest absolute Gasteiger partial charge is 0.238 e. The van der Waals surface area contributed by atoms with Crippen LogP contribution in [0.4, 0.5) is 5.69 Å². The van der Waals surface area contributed by atoms with E-state index in [4.69, 9.17) is 28.9 Å². The molecule has 0 saturated carbocycles. The van der Waals surface area contributed by atoms with Crippen LogP contribution in [-0.4, -0.2) is 37.0 Å². The SMILES string of the molecule is NC[C@@H]1CN(CC(=O)Nc2ccc(Cl)cc2Cl)C[C@H]1c1ccccc1. The second-order valence-corrected chi connectivity index (χ2v) is 7.22. The fourth-order valence-electron chi connectivity index (χ4n) is 3.39. The molecule has 1 fully saturated rings. The van der Waals surface area contributed by atoms with E-state index in [1.807, 2.05) is 18.2 Å². The molecule has 1 aliphatic heterocycles. The minimum atomic E-state index is -0.0892. The van der Waals surface area contributed by atoms with E-state index in [-0.39, 0.29) is 5.91 Å². The van der Waals surface area contributed by atoms with Crippen molar-refractivity contribution < 1.29 is 4.79 Å². The summed E-state index contributed by atoms with van der Waals surface area (Å²) in [5.74, 6) is 0.626. The first-order valence-corrected chi connectivity index (χ1v) is 9.04. The van der Waals surface area contributed by atoms with Crippen LogP contribution in [0.2, 0.25) is 10.0 Å². The molecule has 3 N–H and O–H groups in total. The Morgan fingerprint density at radius 2 is 1.92 bits per heavy atom. The summed E-state index contributed by atoms with van der Waals surface area (Å²) in [4.78, 5) is 14.5. The monoisotopic (exact) mass is 377 g/mol. The highest BCUT2D eigenvalue weighted by atomic mass is 35.5. The maximum atomic E-state index is 12.4. The van der Waals surface area contributed by atoms with Gasteiger partial charge in [-0.15, -0.1) is 0 Å². The molecule has 0 radical (unpaired) electrons. The van der Waals surface area contributed by atoms with Gasteiger partial charge in [0.05, 0.1) is 17.3 Å². The van der Waals surface area contributed by atoms with Crippen molar-refractivity contribution in [2.45, 2.75) is 5.92 Å². The molecule has 4 nitrogen and oxygen atoms in total. The number of amides is 1. The van der Waals surface area contributed by atoms with Crippen LogP contribution in [0.3, 0.4) is 0 Å². The van der Waals surface area contributed by atoms with E-state index in [0.29, 0.717) is 40.7 Å². The Labute approximate surface area is 157 Å². The first kappa shape index (κ1) is 18.2. The lowest BCUT2D eigenvalue weighted by atomic mass is 9.89. The Balaban J connectivity index is 1.62. The van der Waals surface area contributed by atoms with E-state index in [1.165, 1.54) is 5.56 Å². The van der Waals surface area contributed by atoms with Gasteiger partial charge in [0, 0.05) is 24.0 Å². The number of nitrogens with one attached hydrogen (secondary N) is 1. The number of hydrogen-bond acceptors (Lipinski definition) is 3. The number of halogens is 2. The fraction of sp³-hybridized carbons (Fsp3) is 0.316. The molecule has 2 atom stereocenters. The number of nitrogens with zero attached hydrogens (tertiary/aromatic N) is 1. The molecule has 0 aliphatic carbocycles. The largest absolute Gasteiger partial charge is 0.330 e. The first-order valence-electron chi connectivity index (χ1n) is 8.29. The average Bonchev–Trinajstić information content (AvgIpc) is 3.01. The molecule has 0 bridgehead atoms. The van der Waals surface area contributed by atoms with Gasteiger partial charge in [0.1, 0.15) is 0 Å². The van der Waals surface area contributed by atoms with Gasteiger partial charge >= 0.3 is 0 Å². The topological polar surface area (TPSA) is 58.4 Å². The minimum absolute atomic E-state index is 0.0892. The quantitative estimate of drug-likeness (QED) is 0.836. The molecule has 132 valence electrons. The van der Waals surface area contributed by atoms with Crippen LogP contribution in [0, 0.1) is 5.92 Å². The highest BCUT2D eigenvalue weighted by Crippen LogP contribution is 2.32. The van der Waals surface area contributed by atoms with E-state index in [1.54, 1.807) is 18.2 Å². The van der Waals surface area contributed by atoms with Crippen LogP contribution in [0.25, 0.3) is 0 Å². The molecule has 25 heavy (non-hydrogen) atoms. The van der Waals surface area contributed by atoms with Crippen LogP contribution < -0.4 is 11.1 Å². The lowest BCUT2D eigenvalue weighted by molar-refractivity contribution is -0.117. The Morgan fingerprint density at radius 1 is 1.16 bits per heavy atom. The van der Waals surface area contributed by atoms with E-state index in [2.05, 4.69) is 22.3 Å². The summed E-state index contributed by atoms with van der Waals surface area (Å²) in [5.41, 5.74) is 7.81. The second-order valence-electron chi connectivity index (χ2n) is 6.38. The Bertz CT molecular complexity index is 739. The van der Waals surface area contributed by atoms with Crippen LogP contribution in [-0.2, 0) is 4.79 Å². The minimum Gasteiger partial charge on any atom is -0.330 e. The van der Waals surface area contributed by atoms with E-state index < -0.39 is 0 Å². The third-order valence-electron chi connectivity index (χ3n) is 4.62. The van der Waals surface area contributed by atoms with Gasteiger partial charge in [-0.05, 0) is 36.2 Å². The lowest BCUT2D eigenvalue weighted by Crippen LogP contribution is -2.32. The number of nitrogens with two attached hydrogens (primary N) is 1. The highest BCUT2D eigenvalue weighted by molar-refractivity contribution is 6.36. The molecule has 0 spiro atoms. The normalized spacial score (nSPS) is 20.6. The van der Waals surface area contributed by atoms with Gasteiger partial charge in [-0.2, -0.15) is 0 Å². The number of likely N-dealkylation sites (tertiary alicyclic amines) is 1. The molecule has 2 aromatic rings. The Morgan fingerprint density at radius 3 is 2.60 bits per heavy atom. The summed E-state index contributed by atoms with van der Waals surface area (Å²) < 4.78 is 0. The predicted molar refractivity (Wildman–Crippen MR) is 103 cm³/mol. The molecule has 1 saturated heterocycles. The van der Waals surface area contributed by atoms with Crippen molar-refractivity contribution in [3.05, 3.63) is 64.1 Å². The highest BCUT2D eigenvalue weighted by Gasteiger charge is 2.33. The third kappa shape index (κ3) is 4.53. The Hall–Kier alpha value is -1.59. The zero-order valence-electron chi connectivity index (χ0n) is 13.8. The molecule has 0 aromatic heterocycles. The standard InChI is InChI=1S/C19H21Cl2N3O/c20-15-6-7-18(17(21)8-15)23-19(25)12-24-10-14(9-22)16(11-24)13-4-2-1-3-5-13/h1-8,14,16H,9-12,22H2,(H,23,25)/t14-,16+/m1/s1. The number of carbonyl (C=O) groups excluding carboxylic acids is 1. The van der Waals surface area contributed by atoms with Crippen molar-refractivity contribution in [1.82, 2.24) is 4.90 Å². The number of hydrogen-bond donors (Lipinski definition) is 2. The van der Waals surface area contributed by atoms with Gasteiger partial charge < -0.3 is 11.1 Å². The molecule has 6 heteroatoms. The molecular weight excluding hydrogens is 357 g/mol. The zero-order chi connectivity index (χ0) is 17.8. The molecule has 2 aromatic carbocycles. The van der Waals surface area contributed by atoms with Crippen molar-refractivity contribution in [1.29, 1.82) is 0 Å². The summed E-state index contributed by atoms with van der Waals surface area (Å²) in [7, 11) is 0. The van der Waals surface area contributed by atoms with Gasteiger partial charge in [-0.3, -0.25) is 9.69 Å². The van der Waals surface area contributed by atoms with Gasteiger partial charge in [-0.1, -0.05) is 53.5 Å². The van der Waals surface area contributed by atoms with Crippen molar-refractivity contribution in [2.24, 2.45) is 11.7 Å². The summed E-state index contributed by atoms with van der Waals surface area (Å²) in [6, 6.07) is 15.4. The number of rotatable bonds is 5. The fourth-order valence-corrected chi connectivity index (χ4v) is 3.85. The molecule has 1 heterocycles. The molecule has 0 unspecified atom stereocenters. The third-order valence-corrected chi connectivity index (χ3v) is 5.17. The first-order chi connectivity index (χ1) is 12.1. The predicted octanol–water partition coefficient (Wildman–Crippen LogP) is 3.61. The van der Waals surface area contributed by atoms with Crippen molar-refractivity contribution in [3.63, 3.8) is 0 Å². The van der Waals surface area contributed by atoms with Crippen LogP contribution >= 0.6 is 23.2 Å². The second kappa shape index (κ2) is 8.19. The molecule has 1 aliphatic rings. The van der Waals surface area contributed by atoms with Gasteiger partial charge in [0.25, 0.3) is 0 Å². The maximum absolute atomic E-state index is 12.4. The molecule has 3 rings (SSSR count). The van der Waals surface area contributed by atoms with Crippen LogP contribution in [0.1, 0.15) is 11.5 Å². The molecular formula is C19H21Cl2N3O. The van der Waals surface area contributed by atoms with Crippen molar-refractivity contribution >= 4 is 34.8 Å². The summed E-state index contributed by atoms with van der Waals surface area (Å²) in [5, 5.41) is 3.82. The average molecular weight is 378 g/mol.